The van der Waals surface area contributed by atoms with Crippen LogP contribution >= 0.6 is 0 Å². The Morgan fingerprint density at radius 1 is 0.767 bits per heavy atom. The summed E-state index contributed by atoms with van der Waals surface area (Å²) in [6.45, 7) is 1.62. The number of carbonyl (C=O) groups is 1. The first-order valence-corrected chi connectivity index (χ1v) is 14.2. The van der Waals surface area contributed by atoms with E-state index in [1.165, 1.54) is 0 Å². The van der Waals surface area contributed by atoms with Gasteiger partial charge in [-0.1, -0.05) is 30.3 Å². The molecule has 2 aliphatic rings. The number of rotatable bonds is 6. The maximum atomic E-state index is 12.9. The van der Waals surface area contributed by atoms with Gasteiger partial charge in [0, 0.05) is 61.4 Å². The number of piperidine rings is 2. The summed E-state index contributed by atoms with van der Waals surface area (Å²) in [5.41, 5.74) is 13.8. The van der Waals surface area contributed by atoms with Crippen LogP contribution in [0, 0.1) is 0 Å². The van der Waals surface area contributed by atoms with Crippen molar-refractivity contribution < 1.29 is 20.1 Å². The molecule has 0 radical (unpaired) electrons. The molecular weight excluding hydrogens is 550 g/mol. The van der Waals surface area contributed by atoms with Crippen molar-refractivity contribution in [3.8, 4) is 5.75 Å². The zero-order valence-electron chi connectivity index (χ0n) is 23.5. The number of aliphatic hydroxyl groups is 2. The van der Waals surface area contributed by atoms with Gasteiger partial charge in [-0.25, -0.2) is 0 Å². The second-order valence-electron chi connectivity index (χ2n) is 11.2. The zero-order valence-corrected chi connectivity index (χ0v) is 23.5. The Bertz CT molecular complexity index is 1560. The van der Waals surface area contributed by atoms with Crippen molar-refractivity contribution in [1.82, 2.24) is 15.0 Å². The van der Waals surface area contributed by atoms with Gasteiger partial charge in [0.2, 0.25) is 17.8 Å². The molecule has 2 fully saturated rings. The molecule has 1 aromatic heterocycles. The number of phenols is 1. The Kier molecular flexibility index (Phi) is 7.95. The molecule has 2 saturated heterocycles. The molecule has 3 heterocycles. The van der Waals surface area contributed by atoms with Gasteiger partial charge in [0.15, 0.2) is 0 Å². The van der Waals surface area contributed by atoms with Crippen molar-refractivity contribution >= 4 is 45.9 Å². The molecule has 13 nitrogen and oxygen atoms in total. The SMILES string of the molecule is N[C@@H]1C[C@H](N)CN(c2nc(Nc3ccc(NC(=O)c4ccc5ccccc5c4O)cc3)nc(N3C[C@H](O)C[C@@H](O)C3)n2)C1. The second-order valence-corrected chi connectivity index (χ2v) is 11.2. The largest absolute Gasteiger partial charge is 0.506 e. The molecule has 43 heavy (non-hydrogen) atoms. The van der Waals surface area contributed by atoms with Crippen LogP contribution in [0.5, 0.6) is 5.75 Å². The normalized spacial score (nSPS) is 22.4. The van der Waals surface area contributed by atoms with Crippen molar-refractivity contribution in [3.05, 3.63) is 66.2 Å². The molecule has 3 aromatic carbocycles. The van der Waals surface area contributed by atoms with Gasteiger partial charge in [0.25, 0.3) is 5.91 Å². The lowest BCUT2D eigenvalue weighted by Gasteiger charge is -2.36. The van der Waals surface area contributed by atoms with E-state index in [9.17, 15) is 20.1 Å². The number of anilines is 5. The van der Waals surface area contributed by atoms with E-state index in [0.29, 0.717) is 54.6 Å². The number of aromatic hydroxyl groups is 1. The highest BCUT2D eigenvalue weighted by molar-refractivity contribution is 6.09. The number of fused-ring (bicyclic) bond motifs is 1. The average Bonchev–Trinajstić information content (AvgIpc) is 2.97. The van der Waals surface area contributed by atoms with Crippen molar-refractivity contribution in [2.45, 2.75) is 37.1 Å². The van der Waals surface area contributed by atoms with Crippen LogP contribution in [-0.4, -0.2) is 86.6 Å². The third-order valence-corrected chi connectivity index (χ3v) is 7.64. The monoisotopic (exact) mass is 585 g/mol. The molecule has 0 bridgehead atoms. The maximum absolute atomic E-state index is 12.9. The van der Waals surface area contributed by atoms with Crippen LogP contribution in [0.25, 0.3) is 10.8 Å². The number of hydrogen-bond acceptors (Lipinski definition) is 12. The van der Waals surface area contributed by atoms with Crippen molar-refractivity contribution in [3.63, 3.8) is 0 Å². The molecule has 224 valence electrons. The van der Waals surface area contributed by atoms with Crippen molar-refractivity contribution in [2.75, 3.05) is 46.6 Å². The van der Waals surface area contributed by atoms with Crippen LogP contribution < -0.4 is 31.9 Å². The van der Waals surface area contributed by atoms with Gasteiger partial charge in [-0.05, 0) is 42.1 Å². The number of nitrogens with two attached hydrogens (primary N) is 2. The Morgan fingerprint density at radius 3 is 2.05 bits per heavy atom. The third kappa shape index (κ3) is 6.44. The Hall–Kier alpha value is -4.56. The molecule has 9 N–H and O–H groups in total. The summed E-state index contributed by atoms with van der Waals surface area (Å²) < 4.78 is 0. The van der Waals surface area contributed by atoms with Crippen LogP contribution in [0.2, 0.25) is 0 Å². The van der Waals surface area contributed by atoms with E-state index in [1.54, 1.807) is 47.4 Å². The summed E-state index contributed by atoms with van der Waals surface area (Å²) >= 11 is 0. The minimum Gasteiger partial charge on any atom is -0.506 e. The van der Waals surface area contributed by atoms with Crippen LogP contribution in [0.4, 0.5) is 29.2 Å². The number of phenolic OH excluding ortho intramolecular Hbond substituents is 1. The van der Waals surface area contributed by atoms with Crippen LogP contribution in [0.1, 0.15) is 23.2 Å². The van der Waals surface area contributed by atoms with E-state index in [2.05, 4.69) is 25.6 Å². The van der Waals surface area contributed by atoms with Crippen LogP contribution in [-0.2, 0) is 0 Å². The van der Waals surface area contributed by atoms with Gasteiger partial charge in [-0.15, -0.1) is 0 Å². The zero-order chi connectivity index (χ0) is 30.1. The number of nitrogens with one attached hydrogen (secondary N) is 2. The maximum Gasteiger partial charge on any atom is 0.259 e. The summed E-state index contributed by atoms with van der Waals surface area (Å²) in [5.74, 6) is 0.475. The highest BCUT2D eigenvalue weighted by atomic mass is 16.3. The molecule has 0 unspecified atom stereocenters. The number of aromatic nitrogens is 3. The Balaban J connectivity index is 1.22. The summed E-state index contributed by atoms with van der Waals surface area (Å²) in [5, 5.41) is 38.6. The lowest BCUT2D eigenvalue weighted by Crippen LogP contribution is -2.53. The fraction of sp³-hybridized carbons (Fsp3) is 0.333. The van der Waals surface area contributed by atoms with E-state index in [0.717, 1.165) is 5.39 Å². The van der Waals surface area contributed by atoms with Gasteiger partial charge < -0.3 is 47.2 Å². The minimum atomic E-state index is -0.712. The second kappa shape index (κ2) is 12.0. The molecule has 13 heteroatoms. The molecule has 1 amide bonds. The van der Waals surface area contributed by atoms with E-state index in [-0.39, 0.29) is 42.4 Å². The highest BCUT2D eigenvalue weighted by Crippen LogP contribution is 2.30. The number of benzene rings is 3. The summed E-state index contributed by atoms with van der Waals surface area (Å²) in [6, 6.07) is 17.4. The first kappa shape index (κ1) is 28.6. The van der Waals surface area contributed by atoms with E-state index in [1.807, 2.05) is 23.1 Å². The summed E-state index contributed by atoms with van der Waals surface area (Å²) in [7, 11) is 0. The molecule has 0 aliphatic carbocycles. The van der Waals surface area contributed by atoms with E-state index < -0.39 is 18.1 Å². The first-order valence-electron chi connectivity index (χ1n) is 14.2. The predicted molar refractivity (Wildman–Crippen MR) is 165 cm³/mol. The number of β-amino-alcohol motifs (C(OH)–C–C–N with tert-alkyl or cyclic N) is 2. The molecule has 6 rings (SSSR count). The Labute approximate surface area is 248 Å². The summed E-state index contributed by atoms with van der Waals surface area (Å²) in [6.07, 6.45) is -0.431. The van der Waals surface area contributed by atoms with Gasteiger partial charge in [0.05, 0.1) is 17.8 Å². The first-order chi connectivity index (χ1) is 20.7. The van der Waals surface area contributed by atoms with E-state index in [4.69, 9.17) is 11.5 Å². The fourth-order valence-electron chi connectivity index (χ4n) is 5.65. The van der Waals surface area contributed by atoms with Gasteiger partial charge >= 0.3 is 0 Å². The number of nitrogens with zero attached hydrogens (tertiary/aromatic N) is 5. The molecule has 0 saturated carbocycles. The van der Waals surface area contributed by atoms with Gasteiger partial charge in [0.1, 0.15) is 5.75 Å². The van der Waals surface area contributed by atoms with Gasteiger partial charge in [-0.3, -0.25) is 4.79 Å². The third-order valence-electron chi connectivity index (χ3n) is 7.64. The topological polar surface area (TPSA) is 199 Å². The number of amides is 1. The number of carbonyl (C=O) groups excluding carboxylic acids is 1. The lowest BCUT2D eigenvalue weighted by molar-refractivity contribution is 0.0645. The quantitative estimate of drug-likeness (QED) is 0.172. The smallest absolute Gasteiger partial charge is 0.259 e. The highest BCUT2D eigenvalue weighted by Gasteiger charge is 2.29. The fourth-order valence-corrected chi connectivity index (χ4v) is 5.65. The predicted octanol–water partition coefficient (Wildman–Crippen LogP) is 1.52. The van der Waals surface area contributed by atoms with Crippen LogP contribution in [0.3, 0.4) is 0 Å². The Morgan fingerprint density at radius 2 is 1.37 bits per heavy atom. The number of aliphatic hydroxyl groups excluding tert-OH is 2. The van der Waals surface area contributed by atoms with Crippen molar-refractivity contribution in [2.24, 2.45) is 11.5 Å². The van der Waals surface area contributed by atoms with Gasteiger partial charge in [-0.2, -0.15) is 15.0 Å². The van der Waals surface area contributed by atoms with Crippen molar-refractivity contribution in [1.29, 1.82) is 0 Å². The van der Waals surface area contributed by atoms with Crippen LogP contribution in [0.15, 0.2) is 60.7 Å². The molecule has 4 atom stereocenters. The lowest BCUT2D eigenvalue weighted by atomic mass is 10.0. The number of hydrogen-bond donors (Lipinski definition) is 7. The van der Waals surface area contributed by atoms with E-state index >= 15 is 0 Å². The minimum absolute atomic E-state index is 0.0697. The molecular formula is C30H35N9O4. The molecule has 2 aliphatic heterocycles. The molecule has 0 spiro atoms. The standard InChI is InChI=1S/C30H35N9O4/c31-18-11-19(32)14-38(13-18)29-35-28(36-30(37-29)39-15-22(40)12-23(41)16-39)34-21-8-6-20(7-9-21)33-27(43)25-10-5-17-3-1-2-4-24(17)26(25)42/h1-10,18-19,22-23,40-42H,11-16,31-32H2,(H,33,43)(H,34,35,36,37)/t18-,19+,22-,23-/m1/s1. The molecule has 4 aromatic rings. The summed E-state index contributed by atoms with van der Waals surface area (Å²) in [4.78, 5) is 30.5. The average molecular weight is 586 g/mol.